The van der Waals surface area contributed by atoms with Crippen LogP contribution in [0.4, 0.5) is 0 Å². The van der Waals surface area contributed by atoms with Gasteiger partial charge in [0, 0.05) is 11.9 Å². The van der Waals surface area contributed by atoms with E-state index in [0.717, 1.165) is 19.3 Å². The molecule has 0 aliphatic carbocycles. The third kappa shape index (κ3) is 3.57. The molecule has 18 heavy (non-hydrogen) atoms. The molecule has 1 rings (SSSR count). The predicted molar refractivity (Wildman–Crippen MR) is 72.3 cm³/mol. The maximum Gasteiger partial charge on any atom is 0.323 e. The summed E-state index contributed by atoms with van der Waals surface area (Å²) in [6.07, 6.45) is 2.93. The van der Waals surface area contributed by atoms with Gasteiger partial charge >= 0.3 is 5.97 Å². The van der Waals surface area contributed by atoms with E-state index < -0.39 is 5.97 Å². The van der Waals surface area contributed by atoms with Crippen LogP contribution in [0, 0.1) is 0 Å². The van der Waals surface area contributed by atoms with Crippen LogP contribution in [0.2, 0.25) is 0 Å². The van der Waals surface area contributed by atoms with Gasteiger partial charge in [0.25, 0.3) is 5.91 Å². The number of carbonyl (C=O) groups is 2. The summed E-state index contributed by atoms with van der Waals surface area (Å²) in [5.41, 5.74) is 1.20. The average molecular weight is 269 g/mol. The number of carboxylic acids is 1. The van der Waals surface area contributed by atoms with Crippen molar-refractivity contribution in [3.8, 4) is 0 Å². The van der Waals surface area contributed by atoms with Gasteiger partial charge in [-0.2, -0.15) is 0 Å². The Labute approximate surface area is 111 Å². The molecule has 1 aromatic rings. The molecule has 0 saturated heterocycles. The lowest BCUT2D eigenvalue weighted by Gasteiger charge is -2.12. The molecule has 0 atom stereocenters. The maximum atomic E-state index is 12.0. The maximum absolute atomic E-state index is 12.0. The predicted octanol–water partition coefficient (Wildman–Crippen LogP) is 2.42. The van der Waals surface area contributed by atoms with Crippen molar-refractivity contribution in [3.05, 3.63) is 21.4 Å². The molecule has 4 nitrogen and oxygen atoms in total. The highest BCUT2D eigenvalue weighted by Gasteiger charge is 2.18. The van der Waals surface area contributed by atoms with E-state index >= 15 is 0 Å². The Kier molecular flexibility index (Phi) is 5.34. The first kappa shape index (κ1) is 14.7. The van der Waals surface area contributed by atoms with Crippen molar-refractivity contribution in [2.75, 3.05) is 13.6 Å². The van der Waals surface area contributed by atoms with Gasteiger partial charge in [0.05, 0.1) is 4.88 Å². The molecule has 0 radical (unpaired) electrons. The SMILES string of the molecule is CCCc1sc(C(=O)N(C)CC(=O)O)cc1CC. The highest BCUT2D eigenvalue weighted by molar-refractivity contribution is 7.14. The van der Waals surface area contributed by atoms with E-state index in [1.807, 2.05) is 6.07 Å². The van der Waals surface area contributed by atoms with Crippen LogP contribution in [-0.4, -0.2) is 35.5 Å². The van der Waals surface area contributed by atoms with Gasteiger partial charge in [0.1, 0.15) is 6.54 Å². The summed E-state index contributed by atoms with van der Waals surface area (Å²) in [5, 5.41) is 8.68. The van der Waals surface area contributed by atoms with Crippen molar-refractivity contribution in [1.29, 1.82) is 0 Å². The lowest BCUT2D eigenvalue weighted by Crippen LogP contribution is -2.31. The van der Waals surface area contributed by atoms with Crippen molar-refractivity contribution in [2.24, 2.45) is 0 Å². The number of rotatable bonds is 6. The van der Waals surface area contributed by atoms with Gasteiger partial charge in [-0.05, 0) is 24.5 Å². The molecule has 0 aromatic carbocycles. The molecule has 1 N–H and O–H groups in total. The third-order valence-electron chi connectivity index (χ3n) is 2.68. The monoisotopic (exact) mass is 269 g/mol. The van der Waals surface area contributed by atoms with E-state index in [-0.39, 0.29) is 12.5 Å². The number of amides is 1. The van der Waals surface area contributed by atoms with E-state index in [0.29, 0.717) is 4.88 Å². The molecular weight excluding hydrogens is 250 g/mol. The first-order valence-electron chi connectivity index (χ1n) is 6.08. The number of nitrogens with zero attached hydrogens (tertiary/aromatic N) is 1. The number of aryl methyl sites for hydroxylation is 2. The van der Waals surface area contributed by atoms with Crippen LogP contribution in [-0.2, 0) is 17.6 Å². The Morgan fingerprint density at radius 2 is 2.06 bits per heavy atom. The average Bonchev–Trinajstić information content (AvgIpc) is 2.70. The van der Waals surface area contributed by atoms with Crippen LogP contribution in [0.1, 0.15) is 40.4 Å². The quantitative estimate of drug-likeness (QED) is 0.863. The zero-order valence-electron chi connectivity index (χ0n) is 11.0. The molecule has 100 valence electrons. The number of thiophene rings is 1. The first-order valence-corrected chi connectivity index (χ1v) is 6.90. The van der Waals surface area contributed by atoms with Crippen LogP contribution >= 0.6 is 11.3 Å². The summed E-state index contributed by atoms with van der Waals surface area (Å²) in [6, 6.07) is 1.90. The summed E-state index contributed by atoms with van der Waals surface area (Å²) in [5.74, 6) is -1.20. The molecule has 0 fully saturated rings. The number of carbonyl (C=O) groups excluding carboxylic acids is 1. The van der Waals surface area contributed by atoms with Gasteiger partial charge in [-0.3, -0.25) is 9.59 Å². The molecule has 0 aliphatic heterocycles. The lowest BCUT2D eigenvalue weighted by atomic mass is 10.1. The summed E-state index contributed by atoms with van der Waals surface area (Å²) in [4.78, 5) is 25.7. The Hall–Kier alpha value is -1.36. The van der Waals surface area contributed by atoms with Crippen molar-refractivity contribution in [1.82, 2.24) is 4.90 Å². The molecule has 5 heteroatoms. The lowest BCUT2D eigenvalue weighted by molar-refractivity contribution is -0.137. The highest BCUT2D eigenvalue weighted by atomic mass is 32.1. The number of likely N-dealkylation sites (N-methyl/N-ethyl adjacent to an activating group) is 1. The second-order valence-electron chi connectivity index (χ2n) is 4.22. The van der Waals surface area contributed by atoms with Crippen LogP contribution in [0.15, 0.2) is 6.07 Å². The van der Waals surface area contributed by atoms with Gasteiger partial charge in [0.15, 0.2) is 0 Å². The number of aliphatic carboxylic acids is 1. The van der Waals surface area contributed by atoms with Crippen LogP contribution in [0.3, 0.4) is 0 Å². The molecular formula is C13H19NO3S. The van der Waals surface area contributed by atoms with Crippen LogP contribution < -0.4 is 0 Å². The van der Waals surface area contributed by atoms with Gasteiger partial charge in [-0.1, -0.05) is 20.3 Å². The minimum Gasteiger partial charge on any atom is -0.480 e. The van der Waals surface area contributed by atoms with E-state index in [4.69, 9.17) is 5.11 Å². The molecule has 0 bridgehead atoms. The fourth-order valence-corrected chi connectivity index (χ4v) is 3.12. The third-order valence-corrected chi connectivity index (χ3v) is 3.91. The summed E-state index contributed by atoms with van der Waals surface area (Å²) in [6.45, 7) is 3.91. The first-order chi connectivity index (χ1) is 8.49. The second-order valence-corrected chi connectivity index (χ2v) is 5.35. The molecule has 0 spiro atoms. The fraction of sp³-hybridized carbons (Fsp3) is 0.538. The van der Waals surface area contributed by atoms with Gasteiger partial charge in [0.2, 0.25) is 0 Å². The largest absolute Gasteiger partial charge is 0.480 e. The highest BCUT2D eigenvalue weighted by Crippen LogP contribution is 2.25. The zero-order chi connectivity index (χ0) is 13.7. The van der Waals surface area contributed by atoms with Gasteiger partial charge in [-0.25, -0.2) is 0 Å². The van der Waals surface area contributed by atoms with Gasteiger partial charge in [-0.15, -0.1) is 11.3 Å². The summed E-state index contributed by atoms with van der Waals surface area (Å²) < 4.78 is 0. The molecule has 1 aromatic heterocycles. The summed E-state index contributed by atoms with van der Waals surface area (Å²) >= 11 is 1.49. The Morgan fingerprint density at radius 1 is 1.39 bits per heavy atom. The Balaban J connectivity index is 2.88. The molecule has 1 heterocycles. The Morgan fingerprint density at radius 3 is 2.56 bits per heavy atom. The van der Waals surface area contributed by atoms with Crippen molar-refractivity contribution >= 4 is 23.2 Å². The summed E-state index contributed by atoms with van der Waals surface area (Å²) in [7, 11) is 1.52. The Bertz CT molecular complexity index is 439. The molecule has 0 unspecified atom stereocenters. The van der Waals surface area contributed by atoms with Crippen LogP contribution in [0.5, 0.6) is 0 Å². The number of hydrogen-bond acceptors (Lipinski definition) is 3. The molecule has 0 aliphatic rings. The fourth-order valence-electron chi connectivity index (χ4n) is 1.77. The standard InChI is InChI=1S/C13H19NO3S/c1-4-6-10-9(5-2)7-11(18-10)13(17)14(3)8-12(15)16/h7H,4-6,8H2,1-3H3,(H,15,16). The normalized spacial score (nSPS) is 10.4. The van der Waals surface area contributed by atoms with E-state index in [1.165, 1.54) is 33.7 Å². The zero-order valence-corrected chi connectivity index (χ0v) is 11.8. The van der Waals surface area contributed by atoms with Crippen molar-refractivity contribution in [3.63, 3.8) is 0 Å². The number of hydrogen-bond donors (Lipinski definition) is 1. The topological polar surface area (TPSA) is 57.6 Å². The molecule has 1 amide bonds. The van der Waals surface area contributed by atoms with Crippen molar-refractivity contribution < 1.29 is 14.7 Å². The van der Waals surface area contributed by atoms with Gasteiger partial charge < -0.3 is 10.0 Å². The van der Waals surface area contributed by atoms with Crippen molar-refractivity contribution in [2.45, 2.75) is 33.1 Å². The number of carboxylic acid groups (broad SMARTS) is 1. The smallest absolute Gasteiger partial charge is 0.323 e. The van der Waals surface area contributed by atoms with E-state index in [9.17, 15) is 9.59 Å². The minimum absolute atomic E-state index is 0.209. The van der Waals surface area contributed by atoms with E-state index in [1.54, 1.807) is 0 Å². The second kappa shape index (κ2) is 6.54. The molecule has 0 saturated carbocycles. The minimum atomic E-state index is -0.994. The van der Waals surface area contributed by atoms with E-state index in [2.05, 4.69) is 13.8 Å². The van der Waals surface area contributed by atoms with Crippen LogP contribution in [0.25, 0.3) is 0 Å².